The van der Waals surface area contributed by atoms with Gasteiger partial charge in [-0.3, -0.25) is 0 Å². The van der Waals surface area contributed by atoms with E-state index in [9.17, 15) is 0 Å². The molecule has 0 unspecified atom stereocenters. The minimum Gasteiger partial charge on any atom is -0.399 e. The van der Waals surface area contributed by atoms with E-state index >= 15 is 0 Å². The van der Waals surface area contributed by atoms with Crippen LogP contribution in [0.1, 0.15) is 55.2 Å². The van der Waals surface area contributed by atoms with E-state index in [4.69, 9.17) is 5.73 Å². The van der Waals surface area contributed by atoms with E-state index in [1.807, 2.05) is 0 Å². The molecule has 0 saturated heterocycles. The van der Waals surface area contributed by atoms with Crippen LogP contribution in [0.5, 0.6) is 0 Å². The van der Waals surface area contributed by atoms with Crippen LogP contribution in [0.3, 0.4) is 0 Å². The molecule has 0 heterocycles. The molecule has 5 rings (SSSR count). The molecule has 0 aromatic heterocycles. The highest BCUT2D eigenvalue weighted by molar-refractivity contribution is 5.52. The first-order chi connectivity index (χ1) is 9.06. The van der Waals surface area contributed by atoms with Gasteiger partial charge in [0.1, 0.15) is 0 Å². The summed E-state index contributed by atoms with van der Waals surface area (Å²) in [5.74, 6) is 3.05. The second kappa shape index (κ2) is 3.77. The molecule has 1 aromatic carbocycles. The van der Waals surface area contributed by atoms with Crippen molar-refractivity contribution >= 4 is 5.69 Å². The maximum absolute atomic E-state index is 6.02. The van der Waals surface area contributed by atoms with E-state index in [1.54, 1.807) is 5.56 Å². The first kappa shape index (κ1) is 11.8. The molecule has 0 spiro atoms. The van der Waals surface area contributed by atoms with E-state index in [1.165, 1.54) is 49.7 Å². The Labute approximate surface area is 116 Å². The van der Waals surface area contributed by atoms with Crippen molar-refractivity contribution < 1.29 is 0 Å². The smallest absolute Gasteiger partial charge is 0.0319 e. The van der Waals surface area contributed by atoms with E-state index in [0.717, 1.165) is 23.4 Å². The predicted octanol–water partition coefficient (Wildman–Crippen LogP) is 4.35. The number of anilines is 1. The molecular formula is C18H25N. The normalized spacial score (nSPS) is 39.8. The van der Waals surface area contributed by atoms with Crippen LogP contribution in [0, 0.1) is 31.6 Å². The number of rotatable bonds is 1. The maximum Gasteiger partial charge on any atom is 0.0319 e. The van der Waals surface area contributed by atoms with Gasteiger partial charge in [0, 0.05) is 5.69 Å². The summed E-state index contributed by atoms with van der Waals surface area (Å²) in [7, 11) is 0. The molecule has 4 bridgehead atoms. The van der Waals surface area contributed by atoms with Crippen molar-refractivity contribution in [1.29, 1.82) is 0 Å². The molecule has 1 heteroatoms. The quantitative estimate of drug-likeness (QED) is 0.742. The van der Waals surface area contributed by atoms with Gasteiger partial charge >= 0.3 is 0 Å². The number of hydrogen-bond donors (Lipinski definition) is 1. The zero-order valence-electron chi connectivity index (χ0n) is 12.2. The first-order valence-corrected chi connectivity index (χ1v) is 7.93. The van der Waals surface area contributed by atoms with Gasteiger partial charge in [-0.25, -0.2) is 0 Å². The minimum atomic E-state index is 0.511. The Balaban J connectivity index is 1.84. The molecule has 4 saturated carbocycles. The van der Waals surface area contributed by atoms with Crippen molar-refractivity contribution in [3.8, 4) is 0 Å². The Morgan fingerprint density at radius 3 is 1.74 bits per heavy atom. The van der Waals surface area contributed by atoms with Gasteiger partial charge < -0.3 is 5.73 Å². The Morgan fingerprint density at radius 1 is 0.895 bits per heavy atom. The van der Waals surface area contributed by atoms with Crippen LogP contribution in [0.25, 0.3) is 0 Å². The molecule has 1 aromatic rings. The Morgan fingerprint density at radius 2 is 1.32 bits per heavy atom. The fourth-order valence-corrected chi connectivity index (χ4v) is 6.25. The first-order valence-electron chi connectivity index (χ1n) is 7.93. The number of nitrogen functional groups attached to an aromatic ring is 1. The summed E-state index contributed by atoms with van der Waals surface area (Å²) in [5.41, 5.74) is 12.0. The number of nitrogens with two attached hydrogens (primary N) is 1. The van der Waals surface area contributed by atoms with Crippen molar-refractivity contribution in [2.75, 3.05) is 5.73 Å². The lowest BCUT2D eigenvalue weighted by Gasteiger charge is -2.57. The Bertz CT molecular complexity index is 470. The zero-order valence-corrected chi connectivity index (χ0v) is 12.2. The summed E-state index contributed by atoms with van der Waals surface area (Å²) < 4.78 is 0. The van der Waals surface area contributed by atoms with Gasteiger partial charge in [0.15, 0.2) is 0 Å². The second-order valence-electron chi connectivity index (χ2n) is 7.73. The highest BCUT2D eigenvalue weighted by Gasteiger charge is 2.52. The van der Waals surface area contributed by atoms with E-state index < -0.39 is 0 Å². The van der Waals surface area contributed by atoms with Crippen LogP contribution in [-0.4, -0.2) is 0 Å². The molecule has 0 amide bonds. The van der Waals surface area contributed by atoms with E-state index in [-0.39, 0.29) is 0 Å². The molecule has 1 nitrogen and oxygen atoms in total. The van der Waals surface area contributed by atoms with Crippen LogP contribution in [-0.2, 0) is 5.41 Å². The van der Waals surface area contributed by atoms with Gasteiger partial charge in [0.2, 0.25) is 0 Å². The molecule has 4 fully saturated rings. The van der Waals surface area contributed by atoms with Gasteiger partial charge in [0.25, 0.3) is 0 Å². The van der Waals surface area contributed by atoms with Crippen molar-refractivity contribution in [2.45, 2.75) is 57.8 Å². The van der Waals surface area contributed by atoms with E-state index in [2.05, 4.69) is 26.0 Å². The Hall–Kier alpha value is -0.980. The van der Waals surface area contributed by atoms with Gasteiger partial charge in [-0.15, -0.1) is 0 Å². The van der Waals surface area contributed by atoms with Crippen LogP contribution < -0.4 is 5.73 Å². The molecule has 19 heavy (non-hydrogen) atoms. The largest absolute Gasteiger partial charge is 0.399 e. The average molecular weight is 255 g/mol. The molecule has 0 atom stereocenters. The average Bonchev–Trinajstić information content (AvgIpc) is 2.24. The van der Waals surface area contributed by atoms with Crippen molar-refractivity contribution in [1.82, 2.24) is 0 Å². The molecular weight excluding hydrogens is 230 g/mol. The van der Waals surface area contributed by atoms with Crippen LogP contribution >= 0.6 is 0 Å². The standard InChI is InChI=1S/C18H25N/c1-11-3-16(19)4-12(2)17(11)18-8-13-5-14(9-18)7-15(6-13)10-18/h3-4,13-15H,5-10,19H2,1-2H3. The monoisotopic (exact) mass is 255 g/mol. The number of benzene rings is 1. The molecule has 4 aliphatic rings. The third-order valence-electron chi connectivity index (χ3n) is 6.12. The molecule has 2 N–H and O–H groups in total. The number of aryl methyl sites for hydroxylation is 2. The highest BCUT2D eigenvalue weighted by atomic mass is 14.6. The lowest BCUT2D eigenvalue weighted by atomic mass is 9.47. The fourth-order valence-electron chi connectivity index (χ4n) is 6.25. The van der Waals surface area contributed by atoms with E-state index in [0.29, 0.717) is 5.41 Å². The minimum absolute atomic E-state index is 0.511. The summed E-state index contributed by atoms with van der Waals surface area (Å²) in [5, 5.41) is 0. The summed E-state index contributed by atoms with van der Waals surface area (Å²) in [4.78, 5) is 0. The van der Waals surface area contributed by atoms with Crippen LogP contribution in [0.4, 0.5) is 5.69 Å². The third kappa shape index (κ3) is 1.67. The topological polar surface area (TPSA) is 26.0 Å². The molecule has 102 valence electrons. The summed E-state index contributed by atoms with van der Waals surface area (Å²) in [6.07, 6.45) is 8.91. The number of hydrogen-bond acceptors (Lipinski definition) is 1. The zero-order chi connectivity index (χ0) is 13.2. The highest BCUT2D eigenvalue weighted by Crippen LogP contribution is 2.61. The second-order valence-corrected chi connectivity index (χ2v) is 7.73. The van der Waals surface area contributed by atoms with Gasteiger partial charge in [-0.1, -0.05) is 0 Å². The van der Waals surface area contributed by atoms with Crippen LogP contribution in [0.2, 0.25) is 0 Å². The summed E-state index contributed by atoms with van der Waals surface area (Å²) in [6, 6.07) is 4.39. The molecule has 4 aliphatic carbocycles. The summed E-state index contributed by atoms with van der Waals surface area (Å²) in [6.45, 7) is 4.55. The lowest BCUT2D eigenvalue weighted by molar-refractivity contribution is -0.00573. The van der Waals surface area contributed by atoms with Gasteiger partial charge in [-0.2, -0.15) is 0 Å². The van der Waals surface area contributed by atoms with Crippen LogP contribution in [0.15, 0.2) is 12.1 Å². The summed E-state index contributed by atoms with van der Waals surface area (Å²) >= 11 is 0. The third-order valence-corrected chi connectivity index (χ3v) is 6.12. The Kier molecular flexibility index (Phi) is 2.35. The van der Waals surface area contributed by atoms with Gasteiger partial charge in [-0.05, 0) is 104 Å². The predicted molar refractivity (Wildman–Crippen MR) is 80.2 cm³/mol. The molecule has 0 aliphatic heterocycles. The van der Waals surface area contributed by atoms with Gasteiger partial charge in [0.05, 0.1) is 0 Å². The lowest BCUT2D eigenvalue weighted by Crippen LogP contribution is -2.49. The van der Waals surface area contributed by atoms with Crippen molar-refractivity contribution in [2.24, 2.45) is 17.8 Å². The van der Waals surface area contributed by atoms with Crippen molar-refractivity contribution in [3.05, 3.63) is 28.8 Å². The SMILES string of the molecule is Cc1cc(N)cc(C)c1C12CC3CC(CC(C3)C1)C2. The van der Waals surface area contributed by atoms with Crippen molar-refractivity contribution in [3.63, 3.8) is 0 Å². The maximum atomic E-state index is 6.02. The fraction of sp³-hybridized carbons (Fsp3) is 0.667. The molecule has 0 radical (unpaired) electrons.